The number of aromatic nitrogens is 4. The van der Waals surface area contributed by atoms with Crippen molar-refractivity contribution in [1.29, 1.82) is 0 Å². The summed E-state index contributed by atoms with van der Waals surface area (Å²) in [7, 11) is -3.36. The molecule has 0 saturated carbocycles. The molecule has 3 aromatic rings. The van der Waals surface area contributed by atoms with E-state index >= 15 is 0 Å². The lowest BCUT2D eigenvalue weighted by Gasteiger charge is -2.11. The molecule has 0 radical (unpaired) electrons. The number of rotatable bonds is 5. The zero-order chi connectivity index (χ0) is 24.5. The number of imidazole rings is 1. The molecule has 0 aliphatic rings. The van der Waals surface area contributed by atoms with Crippen molar-refractivity contribution >= 4 is 31.4 Å². The number of H-pyrrole nitrogens is 1. The molecule has 3 aromatic heterocycles. The number of aromatic amines is 1. The third-order valence-electron chi connectivity index (χ3n) is 3.37. The van der Waals surface area contributed by atoms with Crippen LogP contribution < -0.4 is 11.1 Å². The molecule has 3 heterocycles. The van der Waals surface area contributed by atoms with Crippen LogP contribution in [-0.4, -0.2) is 90.2 Å². The monoisotopic (exact) mass is 490 g/mol. The van der Waals surface area contributed by atoms with Gasteiger partial charge in [0, 0.05) is 37.2 Å². The van der Waals surface area contributed by atoms with E-state index in [9.17, 15) is 21.6 Å². The van der Waals surface area contributed by atoms with Gasteiger partial charge in [-0.25, -0.2) is 9.78 Å². The lowest BCUT2D eigenvalue weighted by atomic mass is 10.1. The van der Waals surface area contributed by atoms with E-state index in [-0.39, 0.29) is 5.69 Å². The van der Waals surface area contributed by atoms with E-state index < -0.39 is 20.2 Å². The first-order chi connectivity index (χ1) is 14.6. The summed E-state index contributed by atoms with van der Waals surface area (Å²) >= 11 is 0. The lowest BCUT2D eigenvalue weighted by molar-refractivity contribution is 0.419. The van der Waals surface area contributed by atoms with Crippen molar-refractivity contribution in [2.24, 2.45) is 0 Å². The number of pyridine rings is 2. The fraction of sp³-hybridized carbons (Fsp3) is 0.353. The minimum Gasteiger partial charge on any atom is -0.319 e. The van der Waals surface area contributed by atoms with Gasteiger partial charge >= 0.3 is 5.69 Å². The standard InChI is InChI=1S/C15H18N6O.2CH4O3S/c1-20(2)8-7-18-21-14-13(19-15(21)22)9-12(10-17-14)11-3-5-16-6-4-11;2*1-5(2,3)4/h3-6,9-10,18H,7-8H2,1-2H3,(H,19,22);2*1H3,(H,2,3,4). The molecule has 0 saturated heterocycles. The van der Waals surface area contributed by atoms with Crippen molar-refractivity contribution in [3.8, 4) is 11.1 Å². The predicted molar refractivity (Wildman–Crippen MR) is 121 cm³/mol. The fourth-order valence-electron chi connectivity index (χ4n) is 2.23. The molecule has 0 fully saturated rings. The van der Waals surface area contributed by atoms with Gasteiger partial charge in [-0.1, -0.05) is 0 Å². The second-order valence-corrected chi connectivity index (χ2v) is 9.71. The lowest BCUT2D eigenvalue weighted by Crippen LogP contribution is -2.32. The number of fused-ring (bicyclic) bond motifs is 1. The number of nitrogens with zero attached hydrogens (tertiary/aromatic N) is 4. The van der Waals surface area contributed by atoms with Gasteiger partial charge < -0.3 is 15.3 Å². The van der Waals surface area contributed by atoms with E-state index in [2.05, 4.69) is 20.4 Å². The molecule has 0 atom stereocenters. The average molecular weight is 491 g/mol. The van der Waals surface area contributed by atoms with Crippen LogP contribution in [0.3, 0.4) is 0 Å². The first-order valence-corrected chi connectivity index (χ1v) is 12.6. The number of hydrogen-bond donors (Lipinski definition) is 4. The Morgan fingerprint density at radius 1 is 1.06 bits per heavy atom. The van der Waals surface area contributed by atoms with Gasteiger partial charge in [-0.3, -0.25) is 14.1 Å². The van der Waals surface area contributed by atoms with E-state index in [0.717, 1.165) is 17.7 Å². The zero-order valence-corrected chi connectivity index (χ0v) is 19.6. The second-order valence-electron chi connectivity index (χ2n) is 6.77. The van der Waals surface area contributed by atoms with Crippen molar-refractivity contribution in [3.05, 3.63) is 47.3 Å². The second kappa shape index (κ2) is 11.7. The minimum atomic E-state index is -3.67. The predicted octanol–water partition coefficient (Wildman–Crippen LogP) is -0.100. The highest BCUT2D eigenvalue weighted by molar-refractivity contribution is 7.85. The summed E-state index contributed by atoms with van der Waals surface area (Å²) in [6, 6.07) is 5.74. The molecule has 32 heavy (non-hydrogen) atoms. The van der Waals surface area contributed by atoms with Gasteiger partial charge in [-0.2, -0.15) is 21.5 Å². The zero-order valence-electron chi connectivity index (χ0n) is 17.9. The van der Waals surface area contributed by atoms with Crippen molar-refractivity contribution in [2.45, 2.75) is 0 Å². The van der Waals surface area contributed by atoms with Crippen LogP contribution >= 0.6 is 0 Å². The summed E-state index contributed by atoms with van der Waals surface area (Å²) in [5, 5.41) is 0. The molecule has 4 N–H and O–H groups in total. The summed E-state index contributed by atoms with van der Waals surface area (Å²) in [5.74, 6) is 0. The van der Waals surface area contributed by atoms with Crippen LogP contribution in [0.1, 0.15) is 0 Å². The maximum absolute atomic E-state index is 12.0. The van der Waals surface area contributed by atoms with E-state index in [0.29, 0.717) is 30.2 Å². The van der Waals surface area contributed by atoms with E-state index in [1.165, 1.54) is 4.68 Å². The van der Waals surface area contributed by atoms with E-state index in [1.54, 1.807) is 18.6 Å². The van der Waals surface area contributed by atoms with Crippen molar-refractivity contribution < 1.29 is 25.9 Å². The molecule has 15 heteroatoms. The fourth-order valence-corrected chi connectivity index (χ4v) is 2.23. The van der Waals surface area contributed by atoms with Crippen molar-refractivity contribution in [1.82, 2.24) is 24.5 Å². The molecule has 0 unspecified atom stereocenters. The Morgan fingerprint density at radius 2 is 1.59 bits per heavy atom. The topological polar surface area (TPSA) is 188 Å². The third-order valence-corrected chi connectivity index (χ3v) is 3.37. The Balaban J connectivity index is 0.000000431. The molecule has 13 nitrogen and oxygen atoms in total. The number of likely N-dealkylation sites (N-methyl/N-ethyl adjacent to an activating group) is 1. The summed E-state index contributed by atoms with van der Waals surface area (Å²) < 4.78 is 53.2. The molecule has 3 rings (SSSR count). The molecule has 0 bridgehead atoms. The Bertz CT molecular complexity index is 1220. The van der Waals surface area contributed by atoms with Crippen LogP contribution in [-0.2, 0) is 20.2 Å². The molecule has 0 amide bonds. The Kier molecular flexibility index (Phi) is 9.92. The van der Waals surface area contributed by atoms with Crippen LogP contribution in [0.15, 0.2) is 41.6 Å². The van der Waals surface area contributed by atoms with Crippen LogP contribution in [0.5, 0.6) is 0 Å². The summed E-state index contributed by atoms with van der Waals surface area (Å²) in [5.41, 5.74) is 6.13. The summed E-state index contributed by atoms with van der Waals surface area (Å²) in [4.78, 5) is 25.3. The molecule has 178 valence electrons. The highest BCUT2D eigenvalue weighted by Gasteiger charge is 2.09. The van der Waals surface area contributed by atoms with Crippen LogP contribution in [0.25, 0.3) is 22.3 Å². The van der Waals surface area contributed by atoms with Crippen LogP contribution in [0.4, 0.5) is 0 Å². The van der Waals surface area contributed by atoms with Crippen LogP contribution in [0, 0.1) is 0 Å². The first-order valence-electron chi connectivity index (χ1n) is 8.90. The molecular formula is C17H26N6O7S2. The maximum atomic E-state index is 12.0. The van der Waals surface area contributed by atoms with Crippen molar-refractivity contribution in [3.63, 3.8) is 0 Å². The smallest absolute Gasteiger partial charge is 0.319 e. The molecule has 0 aliphatic carbocycles. The summed E-state index contributed by atoms with van der Waals surface area (Å²) in [6.45, 7) is 1.49. The van der Waals surface area contributed by atoms with Gasteiger partial charge in [-0.15, -0.1) is 0 Å². The highest BCUT2D eigenvalue weighted by Crippen LogP contribution is 2.20. The van der Waals surface area contributed by atoms with Crippen LogP contribution in [0.2, 0.25) is 0 Å². The van der Waals surface area contributed by atoms with Gasteiger partial charge in [0.15, 0.2) is 5.65 Å². The number of hydrogen-bond acceptors (Lipinski definition) is 9. The molecule has 0 aromatic carbocycles. The van der Waals surface area contributed by atoms with Gasteiger partial charge in [0.05, 0.1) is 18.0 Å². The van der Waals surface area contributed by atoms with Gasteiger partial charge in [0.1, 0.15) is 0 Å². The first kappa shape index (κ1) is 27.2. The van der Waals surface area contributed by atoms with Gasteiger partial charge in [0.2, 0.25) is 0 Å². The quantitative estimate of drug-likeness (QED) is 0.350. The Morgan fingerprint density at radius 3 is 2.09 bits per heavy atom. The van der Waals surface area contributed by atoms with Gasteiger partial charge in [0.25, 0.3) is 20.2 Å². The largest absolute Gasteiger partial charge is 0.346 e. The van der Waals surface area contributed by atoms with E-state index in [4.69, 9.17) is 9.11 Å². The maximum Gasteiger partial charge on any atom is 0.346 e. The molecule has 0 spiro atoms. The highest BCUT2D eigenvalue weighted by atomic mass is 32.2. The SMILES string of the molecule is CN(C)CCNn1c(=O)[nH]c2cc(-c3ccncc3)cnc21.CS(=O)(=O)O.CS(=O)(=O)O. The molecule has 0 aliphatic heterocycles. The Labute approximate surface area is 185 Å². The summed E-state index contributed by atoms with van der Waals surface area (Å²) in [6.07, 6.45) is 6.65. The minimum absolute atomic E-state index is 0.215. The van der Waals surface area contributed by atoms with Gasteiger partial charge in [-0.05, 0) is 37.9 Å². The van der Waals surface area contributed by atoms with Crippen molar-refractivity contribution in [2.75, 3.05) is 45.1 Å². The number of nitrogens with one attached hydrogen (secondary N) is 2. The average Bonchev–Trinajstić information content (AvgIpc) is 2.94. The normalized spacial score (nSPS) is 11.3. The van der Waals surface area contributed by atoms with E-state index in [1.807, 2.05) is 37.2 Å². The molecular weight excluding hydrogens is 464 g/mol. The Hall–Kier alpha value is -2.85. The third kappa shape index (κ3) is 11.5.